The molecule has 0 fully saturated rings. The molecule has 0 amide bonds. The van der Waals surface area contributed by atoms with E-state index in [1.54, 1.807) is 36.3 Å². The van der Waals surface area contributed by atoms with Crippen LogP contribution < -0.4 is 0 Å². The Bertz CT molecular complexity index is 1090. The number of aromatic nitrogens is 2. The average molecular weight is 521 g/mol. The van der Waals surface area contributed by atoms with Crippen molar-refractivity contribution >= 4 is 23.7 Å². The molecule has 3 rings (SSSR count). The summed E-state index contributed by atoms with van der Waals surface area (Å²) in [7, 11) is 0. The van der Waals surface area contributed by atoms with Crippen LogP contribution in [0.1, 0.15) is 74.7 Å². The second-order valence-corrected chi connectivity index (χ2v) is 10.0. The van der Waals surface area contributed by atoms with Gasteiger partial charge in [0.2, 0.25) is 0 Å². The minimum absolute atomic E-state index is 0.134. The highest BCUT2D eigenvalue weighted by atomic mass is 32.2. The topological polar surface area (TPSA) is 78.4 Å². The maximum atomic E-state index is 12.5. The molecule has 6 nitrogen and oxygen atoms in total. The van der Waals surface area contributed by atoms with E-state index in [4.69, 9.17) is 9.47 Å². The second kappa shape index (κ2) is 15.8. The van der Waals surface area contributed by atoms with Crippen LogP contribution in [0.25, 0.3) is 11.1 Å². The SMILES string of the molecule is CCCCCCCCCSc1ncc(-c2ccc(C(=O)O[C@@H](C)C(=O)OCc3ccccc3)cc2)cn1. The van der Waals surface area contributed by atoms with Crippen molar-refractivity contribution in [2.24, 2.45) is 0 Å². The van der Waals surface area contributed by atoms with Crippen LogP contribution in [0.2, 0.25) is 0 Å². The van der Waals surface area contributed by atoms with Crippen molar-refractivity contribution in [3.8, 4) is 11.1 Å². The maximum absolute atomic E-state index is 12.5. The minimum Gasteiger partial charge on any atom is -0.458 e. The van der Waals surface area contributed by atoms with E-state index >= 15 is 0 Å². The van der Waals surface area contributed by atoms with E-state index in [1.807, 2.05) is 42.5 Å². The Morgan fingerprint density at radius 2 is 1.49 bits per heavy atom. The first-order valence-electron chi connectivity index (χ1n) is 13.0. The van der Waals surface area contributed by atoms with E-state index < -0.39 is 18.0 Å². The molecule has 0 unspecified atom stereocenters. The number of carbonyl (C=O) groups excluding carboxylic acids is 2. The normalized spacial score (nSPS) is 11.6. The van der Waals surface area contributed by atoms with Crippen LogP contribution in [0.5, 0.6) is 0 Å². The van der Waals surface area contributed by atoms with E-state index in [0.29, 0.717) is 5.56 Å². The smallest absolute Gasteiger partial charge is 0.347 e. The van der Waals surface area contributed by atoms with Gasteiger partial charge in [-0.3, -0.25) is 0 Å². The largest absolute Gasteiger partial charge is 0.458 e. The van der Waals surface area contributed by atoms with Crippen LogP contribution in [-0.4, -0.2) is 33.8 Å². The molecular formula is C30H36N2O4S. The lowest BCUT2D eigenvalue weighted by Crippen LogP contribution is -2.26. The van der Waals surface area contributed by atoms with Crippen LogP contribution in [0.15, 0.2) is 72.1 Å². The van der Waals surface area contributed by atoms with Gasteiger partial charge in [-0.2, -0.15) is 0 Å². The third-order valence-electron chi connectivity index (χ3n) is 5.90. The number of hydrogen-bond acceptors (Lipinski definition) is 7. The van der Waals surface area contributed by atoms with E-state index in [1.165, 1.54) is 51.9 Å². The zero-order valence-electron chi connectivity index (χ0n) is 21.7. The highest BCUT2D eigenvalue weighted by molar-refractivity contribution is 7.99. The van der Waals surface area contributed by atoms with Gasteiger partial charge in [0.25, 0.3) is 0 Å². The molecule has 1 atom stereocenters. The fraction of sp³-hybridized carbons (Fsp3) is 0.400. The van der Waals surface area contributed by atoms with Crippen LogP contribution in [0.4, 0.5) is 0 Å². The summed E-state index contributed by atoms with van der Waals surface area (Å²) in [6, 6.07) is 16.3. The van der Waals surface area contributed by atoms with Crippen molar-refractivity contribution in [2.75, 3.05) is 5.75 Å². The van der Waals surface area contributed by atoms with E-state index in [2.05, 4.69) is 16.9 Å². The fourth-order valence-corrected chi connectivity index (χ4v) is 4.47. The molecular weight excluding hydrogens is 484 g/mol. The van der Waals surface area contributed by atoms with E-state index in [-0.39, 0.29) is 6.61 Å². The van der Waals surface area contributed by atoms with Crippen molar-refractivity contribution in [3.05, 3.63) is 78.1 Å². The first-order valence-corrected chi connectivity index (χ1v) is 14.0. The molecule has 7 heteroatoms. The Labute approximate surface area is 224 Å². The van der Waals surface area contributed by atoms with Gasteiger partial charge in [-0.25, -0.2) is 19.6 Å². The molecule has 0 N–H and O–H groups in total. The molecule has 196 valence electrons. The van der Waals surface area contributed by atoms with Gasteiger partial charge in [-0.05, 0) is 36.6 Å². The van der Waals surface area contributed by atoms with Crippen LogP contribution >= 0.6 is 11.8 Å². The molecule has 0 radical (unpaired) electrons. The first-order chi connectivity index (χ1) is 18.1. The Balaban J connectivity index is 1.41. The quantitative estimate of drug-likeness (QED) is 0.0902. The number of benzene rings is 2. The van der Waals surface area contributed by atoms with Gasteiger partial charge in [-0.1, -0.05) is 99.7 Å². The summed E-state index contributed by atoms with van der Waals surface area (Å²) in [4.78, 5) is 33.6. The third-order valence-corrected chi connectivity index (χ3v) is 6.86. The second-order valence-electron chi connectivity index (χ2n) is 8.94. The number of esters is 2. The molecule has 0 aliphatic carbocycles. The number of hydrogen-bond donors (Lipinski definition) is 0. The van der Waals surface area contributed by atoms with Crippen LogP contribution in [0, 0.1) is 0 Å². The molecule has 1 aromatic heterocycles. The first kappa shape index (κ1) is 28.4. The Kier molecular flexibility index (Phi) is 12.1. The summed E-state index contributed by atoms with van der Waals surface area (Å²) in [6.45, 7) is 3.88. The Morgan fingerprint density at radius 1 is 0.838 bits per heavy atom. The lowest BCUT2D eigenvalue weighted by molar-refractivity contribution is -0.154. The lowest BCUT2D eigenvalue weighted by Gasteiger charge is -2.13. The van der Waals surface area contributed by atoms with Gasteiger partial charge >= 0.3 is 11.9 Å². The summed E-state index contributed by atoms with van der Waals surface area (Å²) >= 11 is 1.69. The number of ether oxygens (including phenoxy) is 2. The fourth-order valence-electron chi connectivity index (χ4n) is 3.68. The number of rotatable bonds is 15. The van der Waals surface area contributed by atoms with Gasteiger partial charge in [-0.15, -0.1) is 0 Å². The van der Waals surface area contributed by atoms with Gasteiger partial charge in [0.05, 0.1) is 5.56 Å². The molecule has 2 aromatic carbocycles. The average Bonchev–Trinajstić information content (AvgIpc) is 2.94. The molecule has 3 aromatic rings. The molecule has 37 heavy (non-hydrogen) atoms. The molecule has 0 spiro atoms. The van der Waals surface area contributed by atoms with E-state index in [0.717, 1.165) is 27.6 Å². The molecule has 0 saturated heterocycles. The third kappa shape index (κ3) is 10.00. The number of carbonyl (C=O) groups is 2. The summed E-state index contributed by atoms with van der Waals surface area (Å²) < 4.78 is 10.5. The highest BCUT2D eigenvalue weighted by Gasteiger charge is 2.20. The number of nitrogens with zero attached hydrogens (tertiary/aromatic N) is 2. The minimum atomic E-state index is -1.00. The van der Waals surface area contributed by atoms with Gasteiger partial charge < -0.3 is 9.47 Å². The monoisotopic (exact) mass is 520 g/mol. The van der Waals surface area contributed by atoms with Gasteiger partial charge in [0.1, 0.15) is 6.61 Å². The van der Waals surface area contributed by atoms with Crippen molar-refractivity contribution in [1.82, 2.24) is 9.97 Å². The highest BCUT2D eigenvalue weighted by Crippen LogP contribution is 2.22. The molecule has 0 aliphatic rings. The summed E-state index contributed by atoms with van der Waals surface area (Å²) in [5.41, 5.74) is 3.00. The standard InChI is InChI=1S/C30H36N2O4S/c1-3-4-5-6-7-8-12-19-37-30-31-20-27(21-32-30)25-15-17-26(18-16-25)29(34)36-23(2)28(33)35-22-24-13-10-9-11-14-24/h9-11,13-18,20-21,23H,3-8,12,19,22H2,1-2H3/t23-/m0/s1. The van der Waals surface area contributed by atoms with Crippen molar-refractivity contribution in [3.63, 3.8) is 0 Å². The predicted molar refractivity (Wildman–Crippen MR) is 147 cm³/mol. The lowest BCUT2D eigenvalue weighted by atomic mass is 10.1. The molecule has 0 saturated carbocycles. The van der Waals surface area contributed by atoms with E-state index in [9.17, 15) is 9.59 Å². The van der Waals surface area contributed by atoms with Crippen LogP contribution in [-0.2, 0) is 20.9 Å². The molecule has 0 aliphatic heterocycles. The Hall–Kier alpha value is -3.19. The summed E-state index contributed by atoms with van der Waals surface area (Å²) in [5.74, 6) is -0.137. The van der Waals surface area contributed by atoms with Crippen molar-refractivity contribution < 1.29 is 19.1 Å². The summed E-state index contributed by atoms with van der Waals surface area (Å²) in [6.07, 6.45) is 11.7. The summed E-state index contributed by atoms with van der Waals surface area (Å²) in [5, 5.41) is 0.781. The van der Waals surface area contributed by atoms with Gasteiger partial charge in [0, 0.05) is 23.7 Å². The predicted octanol–water partition coefficient (Wildman–Crippen LogP) is 7.28. The number of unbranched alkanes of at least 4 members (excludes halogenated alkanes) is 6. The zero-order valence-corrected chi connectivity index (χ0v) is 22.5. The van der Waals surface area contributed by atoms with Crippen LogP contribution in [0.3, 0.4) is 0 Å². The molecule has 1 heterocycles. The zero-order chi connectivity index (χ0) is 26.3. The van der Waals surface area contributed by atoms with Crippen molar-refractivity contribution in [2.45, 2.75) is 76.7 Å². The maximum Gasteiger partial charge on any atom is 0.347 e. The van der Waals surface area contributed by atoms with Gasteiger partial charge in [0.15, 0.2) is 11.3 Å². The Morgan fingerprint density at radius 3 is 2.16 bits per heavy atom. The molecule has 0 bridgehead atoms. The van der Waals surface area contributed by atoms with Crippen molar-refractivity contribution in [1.29, 1.82) is 0 Å². The number of thioether (sulfide) groups is 1.